The van der Waals surface area contributed by atoms with Gasteiger partial charge in [0.1, 0.15) is 0 Å². The highest BCUT2D eigenvalue weighted by molar-refractivity contribution is 9.10. The summed E-state index contributed by atoms with van der Waals surface area (Å²) < 4.78 is 0.948. The molecule has 2 amide bonds. The number of hydrogen-bond donors (Lipinski definition) is 2. The maximum atomic E-state index is 12.4. The first-order chi connectivity index (χ1) is 12.3. The number of halogens is 1. The number of anilines is 2. The number of likely N-dealkylation sites (N-methyl/N-ethyl adjacent to an activating group) is 1. The van der Waals surface area contributed by atoms with E-state index in [0.717, 1.165) is 27.0 Å². The van der Waals surface area contributed by atoms with Crippen LogP contribution in [0.3, 0.4) is 0 Å². The first-order valence-corrected chi connectivity index (χ1v) is 9.20. The summed E-state index contributed by atoms with van der Waals surface area (Å²) in [5.74, 6) is -0.307. The first-order valence-electron chi connectivity index (χ1n) is 8.40. The van der Waals surface area contributed by atoms with Crippen molar-refractivity contribution in [2.75, 3.05) is 24.2 Å². The normalized spacial score (nSPS) is 11.9. The summed E-state index contributed by atoms with van der Waals surface area (Å²) in [6, 6.07) is 12.7. The van der Waals surface area contributed by atoms with E-state index in [0.29, 0.717) is 0 Å². The van der Waals surface area contributed by atoms with Crippen molar-refractivity contribution in [3.05, 3.63) is 58.1 Å². The molecule has 1 atom stereocenters. The number of aryl methyl sites for hydroxylation is 1. The van der Waals surface area contributed by atoms with Crippen molar-refractivity contribution in [2.24, 2.45) is 0 Å². The Balaban J connectivity index is 1.91. The van der Waals surface area contributed by atoms with Gasteiger partial charge >= 0.3 is 0 Å². The second-order valence-electron chi connectivity index (χ2n) is 6.38. The fourth-order valence-electron chi connectivity index (χ4n) is 2.42. The van der Waals surface area contributed by atoms with Crippen LogP contribution >= 0.6 is 15.9 Å². The summed E-state index contributed by atoms with van der Waals surface area (Å²) in [5, 5.41) is 5.77. The number of amides is 2. The molecular weight excluding hydrogens is 394 g/mol. The largest absolute Gasteiger partial charge is 0.325 e. The molecule has 0 aliphatic rings. The van der Waals surface area contributed by atoms with Gasteiger partial charge < -0.3 is 10.6 Å². The predicted molar refractivity (Wildman–Crippen MR) is 109 cm³/mol. The van der Waals surface area contributed by atoms with Gasteiger partial charge in [0.05, 0.1) is 12.6 Å². The number of benzene rings is 2. The van der Waals surface area contributed by atoms with Crippen LogP contribution in [0.15, 0.2) is 46.9 Å². The number of nitrogens with one attached hydrogen (secondary N) is 2. The fourth-order valence-corrected chi connectivity index (χ4v) is 2.68. The smallest absolute Gasteiger partial charge is 0.241 e. The van der Waals surface area contributed by atoms with Gasteiger partial charge in [-0.1, -0.05) is 28.1 Å². The van der Waals surface area contributed by atoms with Crippen LogP contribution in [0.4, 0.5) is 11.4 Å². The number of nitrogens with zero attached hydrogens (tertiary/aromatic N) is 1. The first kappa shape index (κ1) is 20.1. The Hall–Kier alpha value is -2.18. The number of carbonyl (C=O) groups is 2. The van der Waals surface area contributed by atoms with Crippen LogP contribution in [0.1, 0.15) is 18.1 Å². The van der Waals surface area contributed by atoms with E-state index in [4.69, 9.17) is 0 Å². The Labute approximate surface area is 162 Å². The highest BCUT2D eigenvalue weighted by Crippen LogP contribution is 2.18. The third kappa shape index (κ3) is 5.41. The Morgan fingerprint density at radius 2 is 1.73 bits per heavy atom. The van der Waals surface area contributed by atoms with Crippen LogP contribution in [-0.2, 0) is 9.59 Å². The van der Waals surface area contributed by atoms with Gasteiger partial charge in [-0.3, -0.25) is 14.5 Å². The molecule has 0 aliphatic carbocycles. The quantitative estimate of drug-likeness (QED) is 0.747. The summed E-state index contributed by atoms with van der Waals surface area (Å²) in [4.78, 5) is 26.4. The molecule has 2 rings (SSSR count). The third-order valence-corrected chi connectivity index (χ3v) is 4.95. The molecule has 138 valence electrons. The molecule has 0 fully saturated rings. The zero-order valence-corrected chi connectivity index (χ0v) is 17.1. The molecule has 0 saturated heterocycles. The molecule has 0 aromatic heterocycles. The summed E-state index contributed by atoms with van der Waals surface area (Å²) >= 11 is 3.36. The monoisotopic (exact) mass is 417 g/mol. The highest BCUT2D eigenvalue weighted by Gasteiger charge is 2.20. The standard InChI is InChI=1S/C20H24BrN3O2/c1-13-6-5-7-18(14(13)2)23-19(25)12-24(4)15(3)20(26)22-17-10-8-16(21)9-11-17/h5-11,15H,12H2,1-4H3,(H,22,26)(H,23,25). The second kappa shape index (κ2) is 8.96. The van der Waals surface area contributed by atoms with Crippen molar-refractivity contribution in [3.8, 4) is 0 Å². The lowest BCUT2D eigenvalue weighted by Crippen LogP contribution is -2.43. The maximum Gasteiger partial charge on any atom is 0.241 e. The molecule has 1 unspecified atom stereocenters. The zero-order chi connectivity index (χ0) is 19.3. The van der Waals surface area contributed by atoms with Crippen molar-refractivity contribution >= 4 is 39.1 Å². The molecule has 0 bridgehead atoms. The van der Waals surface area contributed by atoms with E-state index >= 15 is 0 Å². The molecule has 0 saturated carbocycles. The van der Waals surface area contributed by atoms with Gasteiger partial charge in [0.15, 0.2) is 0 Å². The lowest BCUT2D eigenvalue weighted by molar-refractivity contribution is -0.122. The van der Waals surface area contributed by atoms with Gasteiger partial charge in [-0.15, -0.1) is 0 Å². The minimum Gasteiger partial charge on any atom is -0.325 e. The number of carbonyl (C=O) groups excluding carboxylic acids is 2. The molecule has 2 aromatic carbocycles. The fraction of sp³-hybridized carbons (Fsp3) is 0.300. The van der Waals surface area contributed by atoms with Crippen molar-refractivity contribution in [1.29, 1.82) is 0 Å². The van der Waals surface area contributed by atoms with E-state index in [-0.39, 0.29) is 18.4 Å². The van der Waals surface area contributed by atoms with Crippen LogP contribution in [0, 0.1) is 13.8 Å². The van der Waals surface area contributed by atoms with Crippen molar-refractivity contribution in [1.82, 2.24) is 4.90 Å². The average Bonchev–Trinajstić information content (AvgIpc) is 2.60. The molecule has 0 radical (unpaired) electrons. The molecule has 2 N–H and O–H groups in total. The van der Waals surface area contributed by atoms with Crippen LogP contribution in [0.5, 0.6) is 0 Å². The molecule has 6 heteroatoms. The third-order valence-electron chi connectivity index (χ3n) is 4.42. The van der Waals surface area contributed by atoms with E-state index in [1.54, 1.807) is 18.9 Å². The Morgan fingerprint density at radius 3 is 2.38 bits per heavy atom. The molecule has 2 aromatic rings. The van der Waals surface area contributed by atoms with Gasteiger partial charge in [-0.05, 0) is 69.3 Å². The predicted octanol–water partition coefficient (Wildman–Crippen LogP) is 3.96. The minimum atomic E-state index is -0.442. The second-order valence-corrected chi connectivity index (χ2v) is 7.30. The van der Waals surface area contributed by atoms with E-state index in [2.05, 4.69) is 26.6 Å². The Bertz CT molecular complexity index is 790. The molecule has 26 heavy (non-hydrogen) atoms. The van der Waals surface area contributed by atoms with E-state index < -0.39 is 6.04 Å². The van der Waals surface area contributed by atoms with Gasteiger partial charge in [-0.2, -0.15) is 0 Å². The Kier molecular flexibility index (Phi) is 6.94. The SMILES string of the molecule is Cc1cccc(NC(=O)CN(C)C(C)C(=O)Nc2ccc(Br)cc2)c1C. The van der Waals surface area contributed by atoms with Crippen molar-refractivity contribution in [3.63, 3.8) is 0 Å². The maximum absolute atomic E-state index is 12.4. The topological polar surface area (TPSA) is 61.4 Å². The van der Waals surface area contributed by atoms with Crippen molar-refractivity contribution < 1.29 is 9.59 Å². The Morgan fingerprint density at radius 1 is 1.08 bits per heavy atom. The minimum absolute atomic E-state index is 0.127. The van der Waals surface area contributed by atoms with Gasteiger partial charge in [0, 0.05) is 15.8 Å². The number of rotatable bonds is 6. The summed E-state index contributed by atoms with van der Waals surface area (Å²) in [5.41, 5.74) is 3.69. The molecule has 5 nitrogen and oxygen atoms in total. The summed E-state index contributed by atoms with van der Waals surface area (Å²) in [7, 11) is 1.76. The molecular formula is C20H24BrN3O2. The van der Waals surface area contributed by atoms with E-state index in [1.807, 2.05) is 56.3 Å². The van der Waals surface area contributed by atoms with Crippen LogP contribution < -0.4 is 10.6 Å². The molecule has 0 heterocycles. The lowest BCUT2D eigenvalue weighted by Gasteiger charge is -2.23. The van der Waals surface area contributed by atoms with Crippen LogP contribution in [-0.4, -0.2) is 36.3 Å². The van der Waals surface area contributed by atoms with Crippen LogP contribution in [0.25, 0.3) is 0 Å². The van der Waals surface area contributed by atoms with Gasteiger partial charge in [0.2, 0.25) is 11.8 Å². The van der Waals surface area contributed by atoms with E-state index in [9.17, 15) is 9.59 Å². The molecule has 0 aliphatic heterocycles. The van der Waals surface area contributed by atoms with E-state index in [1.165, 1.54) is 0 Å². The summed E-state index contributed by atoms with van der Waals surface area (Å²) in [6.45, 7) is 5.89. The van der Waals surface area contributed by atoms with Crippen molar-refractivity contribution in [2.45, 2.75) is 26.8 Å². The lowest BCUT2D eigenvalue weighted by atomic mass is 10.1. The van der Waals surface area contributed by atoms with Crippen LogP contribution in [0.2, 0.25) is 0 Å². The molecule has 0 spiro atoms. The summed E-state index contributed by atoms with van der Waals surface area (Å²) in [6.07, 6.45) is 0. The zero-order valence-electron chi connectivity index (χ0n) is 15.5. The highest BCUT2D eigenvalue weighted by atomic mass is 79.9. The number of hydrogen-bond acceptors (Lipinski definition) is 3. The average molecular weight is 418 g/mol. The van der Waals surface area contributed by atoms with Gasteiger partial charge in [0.25, 0.3) is 0 Å². The van der Waals surface area contributed by atoms with Gasteiger partial charge in [-0.25, -0.2) is 0 Å².